The van der Waals surface area contributed by atoms with Crippen LogP contribution in [0, 0.1) is 6.92 Å². The third kappa shape index (κ3) is 4.43. The number of benzene rings is 2. The summed E-state index contributed by atoms with van der Waals surface area (Å²) in [6.07, 6.45) is 5.27. The summed E-state index contributed by atoms with van der Waals surface area (Å²) in [5.41, 5.74) is 2.48. The van der Waals surface area contributed by atoms with Gasteiger partial charge in [-0.15, -0.1) is 0 Å². The lowest BCUT2D eigenvalue weighted by atomic mass is 9.98. The molecule has 0 aromatic heterocycles. The van der Waals surface area contributed by atoms with Gasteiger partial charge in [-0.05, 0) is 50.3 Å². The number of rotatable bonds is 6. The zero-order chi connectivity index (χ0) is 17.7. The van der Waals surface area contributed by atoms with Gasteiger partial charge in [0.2, 0.25) is 0 Å². The quantitative estimate of drug-likeness (QED) is 0.630. The van der Waals surface area contributed by atoms with Gasteiger partial charge in [0.1, 0.15) is 11.9 Å². The van der Waals surface area contributed by atoms with Gasteiger partial charge in [0.05, 0.1) is 26.2 Å². The summed E-state index contributed by atoms with van der Waals surface area (Å²) in [6.45, 7) is 7.01. The number of likely N-dealkylation sites (tertiary alicyclic amines) is 1. The number of piperidine rings is 1. The monoisotopic (exact) mass is 338 g/mol. The van der Waals surface area contributed by atoms with Crippen molar-refractivity contribution in [3.05, 3.63) is 65.7 Å². The van der Waals surface area contributed by atoms with Gasteiger partial charge in [-0.3, -0.25) is 0 Å². The molecule has 1 saturated heterocycles. The molecule has 2 aromatic carbocycles. The summed E-state index contributed by atoms with van der Waals surface area (Å²) < 4.78 is 7.67. The second-order valence-electron chi connectivity index (χ2n) is 7.84. The predicted octanol–water partition coefficient (Wildman–Crippen LogP) is 5.52. The number of hydrogen-bond donors (Lipinski definition) is 0. The maximum atomic E-state index is 6.49. The summed E-state index contributed by atoms with van der Waals surface area (Å²) in [5.74, 6) is 1.01. The van der Waals surface area contributed by atoms with E-state index in [0.717, 1.165) is 18.2 Å². The minimum atomic E-state index is 0.117. The topological polar surface area (TPSA) is 9.23 Å². The van der Waals surface area contributed by atoms with E-state index in [9.17, 15) is 0 Å². The van der Waals surface area contributed by atoms with Crippen LogP contribution < -0.4 is 4.74 Å². The Balaban J connectivity index is 1.76. The van der Waals surface area contributed by atoms with Crippen molar-refractivity contribution in [3.63, 3.8) is 0 Å². The normalized spacial score (nSPS) is 24.7. The summed E-state index contributed by atoms with van der Waals surface area (Å²) in [5, 5.41) is 0. The average Bonchev–Trinajstić information content (AvgIpc) is 2.63. The van der Waals surface area contributed by atoms with E-state index in [1.54, 1.807) is 0 Å². The molecule has 134 valence electrons. The second-order valence-corrected chi connectivity index (χ2v) is 7.84. The fourth-order valence-electron chi connectivity index (χ4n) is 3.99. The van der Waals surface area contributed by atoms with Gasteiger partial charge in [0, 0.05) is 6.42 Å². The number of para-hydroxylation sites is 1. The largest absolute Gasteiger partial charge is 0.485 e. The average molecular weight is 339 g/mol. The van der Waals surface area contributed by atoms with Crippen LogP contribution in [0.15, 0.2) is 54.6 Å². The molecule has 0 radical (unpaired) electrons. The minimum absolute atomic E-state index is 0.117. The fourth-order valence-corrected chi connectivity index (χ4v) is 3.99. The van der Waals surface area contributed by atoms with Gasteiger partial charge in [0.25, 0.3) is 0 Å². The van der Waals surface area contributed by atoms with Crippen LogP contribution in [0.1, 0.15) is 49.8 Å². The van der Waals surface area contributed by atoms with Crippen LogP contribution in [-0.2, 0) is 0 Å². The Morgan fingerprint density at radius 3 is 2.48 bits per heavy atom. The van der Waals surface area contributed by atoms with Gasteiger partial charge in [0.15, 0.2) is 0 Å². The molecular weight excluding hydrogens is 306 g/mol. The maximum absolute atomic E-state index is 6.49. The van der Waals surface area contributed by atoms with E-state index in [4.69, 9.17) is 4.74 Å². The Hall–Kier alpha value is -1.80. The first kappa shape index (κ1) is 18.0. The third-order valence-corrected chi connectivity index (χ3v) is 6.04. The van der Waals surface area contributed by atoms with Crippen LogP contribution in [0.4, 0.5) is 0 Å². The molecule has 3 unspecified atom stereocenters. The molecule has 0 saturated carbocycles. The second kappa shape index (κ2) is 8.05. The summed E-state index contributed by atoms with van der Waals surface area (Å²) in [6, 6.07) is 19.8. The molecule has 0 spiro atoms. The Morgan fingerprint density at radius 1 is 1.04 bits per heavy atom. The van der Waals surface area contributed by atoms with Crippen LogP contribution in [0.25, 0.3) is 0 Å². The molecule has 2 aromatic rings. The Morgan fingerprint density at radius 2 is 1.76 bits per heavy atom. The highest BCUT2D eigenvalue weighted by molar-refractivity contribution is 5.33. The molecule has 25 heavy (non-hydrogen) atoms. The number of quaternary nitrogens is 1. The highest BCUT2D eigenvalue weighted by Gasteiger charge is 2.33. The minimum Gasteiger partial charge on any atom is -0.485 e. The molecule has 0 bridgehead atoms. The van der Waals surface area contributed by atoms with Gasteiger partial charge in [-0.1, -0.05) is 48.5 Å². The van der Waals surface area contributed by atoms with Crippen LogP contribution in [0.5, 0.6) is 5.75 Å². The van der Waals surface area contributed by atoms with Crippen molar-refractivity contribution in [2.24, 2.45) is 0 Å². The van der Waals surface area contributed by atoms with Gasteiger partial charge in [-0.2, -0.15) is 0 Å². The summed E-state index contributed by atoms with van der Waals surface area (Å²) in [4.78, 5) is 0. The van der Waals surface area contributed by atoms with Crippen molar-refractivity contribution >= 4 is 0 Å². The van der Waals surface area contributed by atoms with Crippen LogP contribution in [0.2, 0.25) is 0 Å². The van der Waals surface area contributed by atoms with E-state index in [2.05, 4.69) is 75.5 Å². The molecule has 2 heteroatoms. The molecule has 2 nitrogen and oxygen atoms in total. The maximum Gasteiger partial charge on any atom is 0.129 e. The highest BCUT2D eigenvalue weighted by atomic mass is 16.5. The Bertz CT molecular complexity index is 669. The van der Waals surface area contributed by atoms with Crippen LogP contribution >= 0.6 is 0 Å². The first-order chi connectivity index (χ1) is 12.1. The van der Waals surface area contributed by atoms with E-state index >= 15 is 0 Å². The summed E-state index contributed by atoms with van der Waals surface area (Å²) >= 11 is 0. The van der Waals surface area contributed by atoms with E-state index in [-0.39, 0.29) is 6.10 Å². The van der Waals surface area contributed by atoms with Gasteiger partial charge >= 0.3 is 0 Å². The molecule has 3 rings (SSSR count). The van der Waals surface area contributed by atoms with E-state index in [1.807, 2.05) is 0 Å². The van der Waals surface area contributed by atoms with Crippen LogP contribution in [-0.4, -0.2) is 30.7 Å². The van der Waals surface area contributed by atoms with E-state index in [1.165, 1.54) is 48.0 Å². The Labute approximate surface area is 153 Å². The molecule has 1 heterocycles. The van der Waals surface area contributed by atoms with Crippen molar-refractivity contribution in [2.45, 2.75) is 51.7 Å². The number of hydrogen-bond acceptors (Lipinski definition) is 1. The van der Waals surface area contributed by atoms with E-state index in [0.29, 0.717) is 0 Å². The van der Waals surface area contributed by atoms with Crippen molar-refractivity contribution in [3.8, 4) is 5.75 Å². The lowest BCUT2D eigenvalue weighted by Crippen LogP contribution is -2.54. The molecule has 3 atom stereocenters. The molecule has 0 amide bonds. The van der Waals surface area contributed by atoms with E-state index < -0.39 is 0 Å². The number of nitrogens with zero attached hydrogens (tertiary/aromatic N) is 1. The lowest BCUT2D eigenvalue weighted by molar-refractivity contribution is -0.936. The smallest absolute Gasteiger partial charge is 0.129 e. The SMILES string of the molecule is Cc1ccccc1OC(CC[N+]1(C)CCCCC1C)c1ccccc1. The fraction of sp³-hybridized carbons (Fsp3) is 0.478. The van der Waals surface area contributed by atoms with Crippen molar-refractivity contribution in [1.29, 1.82) is 0 Å². The predicted molar refractivity (Wildman–Crippen MR) is 105 cm³/mol. The zero-order valence-corrected chi connectivity index (χ0v) is 15.9. The van der Waals surface area contributed by atoms with Crippen molar-refractivity contribution < 1.29 is 9.22 Å². The molecule has 1 aliphatic rings. The standard InChI is InChI=1S/C23H32NO/c1-19-11-7-8-15-22(19)25-23(21-13-5-4-6-14-21)16-18-24(3)17-10-9-12-20(24)2/h4-8,11,13-15,20,23H,9-10,12,16-18H2,1-3H3/q+1. The number of ether oxygens (including phenoxy) is 1. The first-order valence-electron chi connectivity index (χ1n) is 9.70. The molecule has 0 N–H and O–H groups in total. The third-order valence-electron chi connectivity index (χ3n) is 6.04. The zero-order valence-electron chi connectivity index (χ0n) is 15.9. The van der Waals surface area contributed by atoms with Crippen molar-refractivity contribution in [1.82, 2.24) is 0 Å². The molecule has 0 aliphatic carbocycles. The lowest BCUT2D eigenvalue weighted by Gasteiger charge is -2.44. The van der Waals surface area contributed by atoms with Gasteiger partial charge in [-0.25, -0.2) is 0 Å². The van der Waals surface area contributed by atoms with Gasteiger partial charge < -0.3 is 9.22 Å². The van der Waals surface area contributed by atoms with Crippen molar-refractivity contribution in [2.75, 3.05) is 20.1 Å². The number of aryl methyl sites for hydroxylation is 1. The first-order valence-corrected chi connectivity index (χ1v) is 9.70. The Kier molecular flexibility index (Phi) is 5.80. The molecular formula is C23H32NO+. The molecule has 1 aliphatic heterocycles. The van der Waals surface area contributed by atoms with Crippen LogP contribution in [0.3, 0.4) is 0 Å². The molecule has 1 fully saturated rings. The summed E-state index contributed by atoms with van der Waals surface area (Å²) in [7, 11) is 2.43. The highest BCUT2D eigenvalue weighted by Crippen LogP contribution is 2.30.